The molecular weight excluding hydrogens is 274 g/mol. The molecule has 2 atom stereocenters. The number of hydrogen-bond acceptors (Lipinski definition) is 6. The first-order valence-electron chi connectivity index (χ1n) is 6.63. The minimum Gasteiger partial charge on any atom is -0.379 e. The number of benzene rings is 1. The second kappa shape index (κ2) is 6.68. The minimum absolute atomic E-state index is 0.359. The van der Waals surface area contributed by atoms with Crippen LogP contribution in [0.4, 0.5) is 5.69 Å². The largest absolute Gasteiger partial charge is 0.379 e. The molecule has 0 radical (unpaired) electrons. The summed E-state index contributed by atoms with van der Waals surface area (Å²) in [5, 5.41) is 31.2. The Balaban J connectivity index is 1.98. The van der Waals surface area contributed by atoms with E-state index in [4.69, 9.17) is 10.2 Å². The molecule has 0 saturated heterocycles. The number of hydrazine groups is 1. The van der Waals surface area contributed by atoms with E-state index in [1.807, 2.05) is 41.6 Å². The first kappa shape index (κ1) is 15.5. The molecule has 1 amide bonds. The van der Waals surface area contributed by atoms with Gasteiger partial charge in [0.05, 0.1) is 11.7 Å². The van der Waals surface area contributed by atoms with Gasteiger partial charge in [-0.15, -0.1) is 0 Å². The van der Waals surface area contributed by atoms with Gasteiger partial charge in [-0.05, 0) is 24.6 Å². The van der Waals surface area contributed by atoms with Crippen molar-refractivity contribution in [1.29, 1.82) is 0 Å². The van der Waals surface area contributed by atoms with Gasteiger partial charge in [0, 0.05) is 12.7 Å². The average Bonchev–Trinajstić information content (AvgIpc) is 3.00. The number of amides is 1. The predicted octanol–water partition coefficient (Wildman–Crippen LogP) is -0.626. The van der Waals surface area contributed by atoms with E-state index in [9.17, 15) is 9.90 Å². The monoisotopic (exact) mass is 293 g/mol. The molecule has 21 heavy (non-hydrogen) atoms. The molecule has 1 heterocycles. The fraction of sp³-hybridized carbons (Fsp3) is 0.357. The van der Waals surface area contributed by atoms with Gasteiger partial charge in [-0.3, -0.25) is 9.80 Å². The van der Waals surface area contributed by atoms with E-state index in [0.717, 1.165) is 17.8 Å². The maximum Gasteiger partial charge on any atom is 0.254 e. The summed E-state index contributed by atoms with van der Waals surface area (Å²) in [4.78, 5) is 11.5. The molecule has 0 aromatic heterocycles. The van der Waals surface area contributed by atoms with Crippen molar-refractivity contribution in [2.24, 2.45) is 0 Å². The number of carbonyl (C=O) groups is 1. The second-order valence-electron chi connectivity index (χ2n) is 4.80. The van der Waals surface area contributed by atoms with Gasteiger partial charge in [0.2, 0.25) is 0 Å². The van der Waals surface area contributed by atoms with Gasteiger partial charge >= 0.3 is 0 Å². The van der Waals surface area contributed by atoms with Crippen molar-refractivity contribution >= 4 is 11.6 Å². The van der Waals surface area contributed by atoms with E-state index in [1.54, 1.807) is 6.92 Å². The molecule has 1 aliphatic rings. The Labute approximate surface area is 122 Å². The highest BCUT2D eigenvalue weighted by molar-refractivity contribution is 5.81. The lowest BCUT2D eigenvalue weighted by Crippen LogP contribution is -2.42. The molecule has 0 spiro atoms. The summed E-state index contributed by atoms with van der Waals surface area (Å²) in [6, 6.07) is 7.16. The fourth-order valence-corrected chi connectivity index (χ4v) is 1.98. The molecule has 1 aromatic rings. The minimum atomic E-state index is -2.09. The quantitative estimate of drug-likeness (QED) is 0.463. The van der Waals surface area contributed by atoms with Gasteiger partial charge in [0.1, 0.15) is 0 Å². The molecule has 5 N–H and O–H groups in total. The molecule has 0 unspecified atom stereocenters. The number of aliphatic hydroxyl groups is 3. The number of anilines is 1. The number of rotatable bonds is 5. The first-order chi connectivity index (χ1) is 9.99. The standard InChI is InChI=1S/C14H19N3O4/c1-9(16-13(19)12(18)14(20)21)10-3-5-11(6-4-10)17-8-2-7-15-17/h2-6,8-9,12,14-15,18,20-21H,7H2,1H3,(H,16,19)/t9-,12+/m1/s1. The third-order valence-corrected chi connectivity index (χ3v) is 3.22. The fourth-order valence-electron chi connectivity index (χ4n) is 1.98. The number of nitrogens with one attached hydrogen (secondary N) is 2. The SMILES string of the molecule is C[C@@H](NC(=O)[C@H](O)C(O)O)c1ccc(N2C=CCN2)cc1. The maximum absolute atomic E-state index is 11.5. The molecule has 0 fully saturated rings. The van der Waals surface area contributed by atoms with Crippen LogP contribution in [0.1, 0.15) is 18.5 Å². The lowest BCUT2D eigenvalue weighted by molar-refractivity contribution is -0.156. The Morgan fingerprint density at radius 1 is 1.29 bits per heavy atom. The van der Waals surface area contributed by atoms with Crippen molar-refractivity contribution in [3.63, 3.8) is 0 Å². The second-order valence-corrected chi connectivity index (χ2v) is 4.80. The van der Waals surface area contributed by atoms with Crippen molar-refractivity contribution in [1.82, 2.24) is 10.7 Å². The topological polar surface area (TPSA) is 105 Å². The summed E-state index contributed by atoms with van der Waals surface area (Å²) in [6.45, 7) is 2.53. The van der Waals surface area contributed by atoms with Gasteiger partial charge in [-0.25, -0.2) is 5.43 Å². The van der Waals surface area contributed by atoms with Crippen molar-refractivity contribution < 1.29 is 20.1 Å². The average molecular weight is 293 g/mol. The van der Waals surface area contributed by atoms with Crippen LogP contribution in [-0.2, 0) is 4.79 Å². The zero-order valence-corrected chi connectivity index (χ0v) is 11.6. The smallest absolute Gasteiger partial charge is 0.254 e. The lowest BCUT2D eigenvalue weighted by atomic mass is 10.1. The predicted molar refractivity (Wildman–Crippen MR) is 76.9 cm³/mol. The van der Waals surface area contributed by atoms with E-state index in [1.165, 1.54) is 0 Å². The van der Waals surface area contributed by atoms with Crippen LogP contribution in [0.25, 0.3) is 0 Å². The number of carbonyl (C=O) groups excluding carboxylic acids is 1. The van der Waals surface area contributed by atoms with Crippen molar-refractivity contribution in [2.75, 3.05) is 11.6 Å². The molecule has 0 saturated carbocycles. The lowest BCUT2D eigenvalue weighted by Gasteiger charge is -2.20. The van der Waals surface area contributed by atoms with Gasteiger partial charge < -0.3 is 20.6 Å². The molecule has 1 aliphatic heterocycles. The van der Waals surface area contributed by atoms with Gasteiger partial charge in [0.25, 0.3) is 5.91 Å². The summed E-state index contributed by atoms with van der Waals surface area (Å²) in [6.07, 6.45) is -0.0179. The Morgan fingerprint density at radius 3 is 2.48 bits per heavy atom. The molecule has 0 aliphatic carbocycles. The zero-order valence-electron chi connectivity index (χ0n) is 11.6. The Hall–Kier alpha value is -1.93. The van der Waals surface area contributed by atoms with E-state index in [0.29, 0.717) is 0 Å². The normalized spacial score (nSPS) is 17.1. The highest BCUT2D eigenvalue weighted by Crippen LogP contribution is 2.19. The summed E-state index contributed by atoms with van der Waals surface area (Å²) in [5.74, 6) is -0.828. The van der Waals surface area contributed by atoms with Crippen molar-refractivity contribution in [3.05, 3.63) is 42.1 Å². The molecule has 114 valence electrons. The third-order valence-electron chi connectivity index (χ3n) is 3.22. The van der Waals surface area contributed by atoms with E-state index >= 15 is 0 Å². The number of nitrogens with zero attached hydrogens (tertiary/aromatic N) is 1. The van der Waals surface area contributed by atoms with Gasteiger partial charge in [0.15, 0.2) is 12.4 Å². The summed E-state index contributed by atoms with van der Waals surface area (Å²) >= 11 is 0. The van der Waals surface area contributed by atoms with Crippen LogP contribution in [0.15, 0.2) is 36.5 Å². The third kappa shape index (κ3) is 3.79. The molecular formula is C14H19N3O4. The van der Waals surface area contributed by atoms with Gasteiger partial charge in [-0.2, -0.15) is 0 Å². The van der Waals surface area contributed by atoms with Crippen LogP contribution in [0, 0.1) is 0 Å². The molecule has 7 heteroatoms. The van der Waals surface area contributed by atoms with Crippen molar-refractivity contribution in [3.8, 4) is 0 Å². The Kier molecular flexibility index (Phi) is 4.92. The van der Waals surface area contributed by atoms with Crippen LogP contribution in [0.2, 0.25) is 0 Å². The number of aliphatic hydroxyl groups excluding tert-OH is 2. The summed E-state index contributed by atoms with van der Waals surface area (Å²) < 4.78 is 0. The van der Waals surface area contributed by atoms with Crippen LogP contribution >= 0.6 is 0 Å². The molecule has 1 aromatic carbocycles. The Morgan fingerprint density at radius 2 is 1.95 bits per heavy atom. The Bertz CT molecular complexity index is 515. The van der Waals surface area contributed by atoms with Crippen LogP contribution in [-0.4, -0.2) is 40.2 Å². The van der Waals surface area contributed by atoms with Crippen LogP contribution < -0.4 is 15.8 Å². The van der Waals surface area contributed by atoms with E-state index < -0.39 is 18.3 Å². The maximum atomic E-state index is 11.5. The molecule has 0 bridgehead atoms. The highest BCUT2D eigenvalue weighted by Gasteiger charge is 2.23. The highest BCUT2D eigenvalue weighted by atomic mass is 16.5. The molecule has 2 rings (SSSR count). The summed E-state index contributed by atoms with van der Waals surface area (Å²) in [7, 11) is 0. The summed E-state index contributed by atoms with van der Waals surface area (Å²) in [5.41, 5.74) is 4.96. The van der Waals surface area contributed by atoms with Crippen LogP contribution in [0.5, 0.6) is 0 Å². The van der Waals surface area contributed by atoms with Crippen molar-refractivity contribution in [2.45, 2.75) is 25.4 Å². The molecule has 7 nitrogen and oxygen atoms in total. The van der Waals surface area contributed by atoms with Crippen LogP contribution in [0.3, 0.4) is 0 Å². The van der Waals surface area contributed by atoms with E-state index in [-0.39, 0.29) is 6.04 Å². The van der Waals surface area contributed by atoms with E-state index in [2.05, 4.69) is 10.7 Å². The van der Waals surface area contributed by atoms with Gasteiger partial charge in [-0.1, -0.05) is 18.2 Å². The zero-order chi connectivity index (χ0) is 15.4. The number of hydrogen-bond donors (Lipinski definition) is 5. The first-order valence-corrected chi connectivity index (χ1v) is 6.63.